The van der Waals surface area contributed by atoms with Gasteiger partial charge in [-0.05, 0) is 6.42 Å². The van der Waals surface area contributed by atoms with Crippen LogP contribution in [0.15, 0.2) is 0 Å². The second kappa shape index (κ2) is 3.09. The molecule has 50 valence electrons. The van der Waals surface area contributed by atoms with Gasteiger partial charge in [0.2, 0.25) is 3.79 Å². The lowest BCUT2D eigenvalue weighted by Crippen LogP contribution is -2.18. The third-order valence-corrected chi connectivity index (χ3v) is 1.42. The van der Waals surface area contributed by atoms with Crippen LogP contribution in [-0.2, 0) is 0 Å². The molecule has 8 heavy (non-hydrogen) atoms. The molecule has 0 N–H and O–H groups in total. The van der Waals surface area contributed by atoms with E-state index < -0.39 is 9.96 Å². The van der Waals surface area contributed by atoms with Crippen LogP contribution < -0.4 is 0 Å². The van der Waals surface area contributed by atoms with Crippen molar-refractivity contribution in [2.45, 2.75) is 23.3 Å². The second-order valence-corrected chi connectivity index (χ2v) is 3.79. The average Bonchev–Trinajstić information content (AvgIpc) is 1.62. The molecule has 1 unspecified atom stereocenters. The highest BCUT2D eigenvalue weighted by atomic mass is 35.6. The van der Waals surface area contributed by atoms with Crippen LogP contribution >= 0.6 is 34.8 Å². The zero-order valence-electron chi connectivity index (χ0n) is 4.30. The van der Waals surface area contributed by atoms with E-state index in [0.717, 1.165) is 0 Å². The van der Waals surface area contributed by atoms with E-state index in [1.54, 1.807) is 6.92 Å². The van der Waals surface area contributed by atoms with Crippen molar-refractivity contribution in [1.29, 1.82) is 0 Å². The Bertz CT molecular complexity index is 68.2. The topological polar surface area (TPSA) is 0 Å². The van der Waals surface area contributed by atoms with Crippen molar-refractivity contribution in [1.82, 2.24) is 0 Å². The second-order valence-electron chi connectivity index (χ2n) is 1.42. The van der Waals surface area contributed by atoms with E-state index in [-0.39, 0.29) is 6.42 Å². The van der Waals surface area contributed by atoms with Gasteiger partial charge in [0, 0.05) is 0 Å². The third-order valence-electron chi connectivity index (χ3n) is 0.714. The number of halogens is 4. The summed E-state index contributed by atoms with van der Waals surface area (Å²) < 4.78 is 10.5. The standard InChI is InChI=1S/C4H6Cl3F/c1-2-3(8)4(5,6)7/h3H,2H2,1H3. The highest BCUT2D eigenvalue weighted by molar-refractivity contribution is 6.68. The number of rotatable bonds is 1. The molecule has 1 atom stereocenters. The highest BCUT2D eigenvalue weighted by Gasteiger charge is 2.30. The summed E-state index contributed by atoms with van der Waals surface area (Å²) in [6.07, 6.45) is -1.12. The smallest absolute Gasteiger partial charge is 0.221 e. The molecule has 4 heteroatoms. The predicted octanol–water partition coefficient (Wildman–Crippen LogP) is 3.10. The lowest BCUT2D eigenvalue weighted by molar-refractivity contribution is 0.329. The fourth-order valence-electron chi connectivity index (χ4n) is 0.231. The van der Waals surface area contributed by atoms with E-state index in [1.165, 1.54) is 0 Å². The van der Waals surface area contributed by atoms with Crippen molar-refractivity contribution < 1.29 is 4.39 Å². The Hall–Kier alpha value is 0.800. The Labute approximate surface area is 62.9 Å². The molecule has 0 saturated carbocycles. The monoisotopic (exact) mass is 178 g/mol. The Kier molecular flexibility index (Phi) is 3.40. The van der Waals surface area contributed by atoms with Gasteiger partial charge >= 0.3 is 0 Å². The molecular formula is C4H6Cl3F. The number of hydrogen-bond donors (Lipinski definition) is 0. The first kappa shape index (κ1) is 8.80. The van der Waals surface area contributed by atoms with Gasteiger partial charge in [-0.1, -0.05) is 41.7 Å². The quantitative estimate of drug-likeness (QED) is 0.543. The summed E-state index contributed by atoms with van der Waals surface area (Å²) in [5, 5.41) is 0. The molecule has 0 amide bonds. The van der Waals surface area contributed by atoms with Crippen LogP contribution in [0.25, 0.3) is 0 Å². The predicted molar refractivity (Wildman–Crippen MR) is 35.5 cm³/mol. The van der Waals surface area contributed by atoms with Gasteiger partial charge in [-0.25, -0.2) is 4.39 Å². The molecule has 0 bridgehead atoms. The fourth-order valence-corrected chi connectivity index (χ4v) is 0.694. The summed E-state index contributed by atoms with van der Waals surface area (Å²) in [6.45, 7) is 1.62. The summed E-state index contributed by atoms with van der Waals surface area (Å²) in [5.41, 5.74) is 0. The molecule has 0 aromatic heterocycles. The summed E-state index contributed by atoms with van der Waals surface area (Å²) in [6, 6.07) is 0. The van der Waals surface area contributed by atoms with Crippen molar-refractivity contribution in [3.8, 4) is 0 Å². The summed E-state index contributed by atoms with van der Waals surface area (Å²) in [5.74, 6) is 0. The largest absolute Gasteiger partial charge is 0.243 e. The van der Waals surface area contributed by atoms with Gasteiger partial charge in [0.05, 0.1) is 0 Å². The van der Waals surface area contributed by atoms with E-state index in [2.05, 4.69) is 0 Å². The maximum absolute atomic E-state index is 12.2. The van der Waals surface area contributed by atoms with Crippen LogP contribution in [0.5, 0.6) is 0 Å². The van der Waals surface area contributed by atoms with Crippen LogP contribution in [0.1, 0.15) is 13.3 Å². The van der Waals surface area contributed by atoms with Crippen LogP contribution in [0, 0.1) is 0 Å². The van der Waals surface area contributed by atoms with Crippen molar-refractivity contribution in [3.05, 3.63) is 0 Å². The van der Waals surface area contributed by atoms with Gasteiger partial charge in [0.25, 0.3) is 0 Å². The Morgan fingerprint density at radius 1 is 1.50 bits per heavy atom. The molecule has 0 aliphatic rings. The summed E-state index contributed by atoms with van der Waals surface area (Å²) in [4.78, 5) is 0. The minimum Gasteiger partial charge on any atom is -0.243 e. The van der Waals surface area contributed by atoms with E-state index in [0.29, 0.717) is 0 Å². The van der Waals surface area contributed by atoms with Gasteiger partial charge in [-0.2, -0.15) is 0 Å². The fraction of sp³-hybridized carbons (Fsp3) is 1.00. The average molecular weight is 179 g/mol. The summed E-state index contributed by atoms with van der Waals surface area (Å²) >= 11 is 15.4. The van der Waals surface area contributed by atoms with E-state index in [4.69, 9.17) is 34.8 Å². The zero-order valence-corrected chi connectivity index (χ0v) is 6.56. The minimum atomic E-state index is -1.74. The highest BCUT2D eigenvalue weighted by Crippen LogP contribution is 2.33. The molecule has 0 nitrogen and oxygen atoms in total. The first-order valence-corrected chi connectivity index (χ1v) is 3.32. The first-order valence-electron chi connectivity index (χ1n) is 2.19. The lowest BCUT2D eigenvalue weighted by Gasteiger charge is -2.13. The molecule has 0 aromatic rings. The molecular weight excluding hydrogens is 173 g/mol. The molecule has 0 spiro atoms. The third kappa shape index (κ3) is 2.95. The van der Waals surface area contributed by atoms with Gasteiger partial charge in [-0.15, -0.1) is 0 Å². The lowest BCUT2D eigenvalue weighted by atomic mass is 10.3. The van der Waals surface area contributed by atoms with Gasteiger partial charge < -0.3 is 0 Å². The van der Waals surface area contributed by atoms with E-state index in [1.807, 2.05) is 0 Å². The van der Waals surface area contributed by atoms with Crippen LogP contribution in [0.2, 0.25) is 0 Å². The van der Waals surface area contributed by atoms with Crippen molar-refractivity contribution in [2.24, 2.45) is 0 Å². The molecule has 0 rings (SSSR count). The summed E-state index contributed by atoms with van der Waals surface area (Å²) in [7, 11) is 0. The minimum absolute atomic E-state index is 0.233. The molecule has 0 fully saturated rings. The van der Waals surface area contributed by atoms with Gasteiger partial charge in [0.15, 0.2) is 0 Å². The van der Waals surface area contributed by atoms with Crippen LogP contribution in [-0.4, -0.2) is 9.96 Å². The number of hydrogen-bond acceptors (Lipinski definition) is 0. The maximum Gasteiger partial charge on any atom is 0.221 e. The van der Waals surface area contributed by atoms with Crippen molar-refractivity contribution >= 4 is 34.8 Å². The van der Waals surface area contributed by atoms with E-state index in [9.17, 15) is 4.39 Å². The van der Waals surface area contributed by atoms with Crippen molar-refractivity contribution in [2.75, 3.05) is 0 Å². The normalized spacial score (nSPS) is 16.1. The molecule has 0 radical (unpaired) electrons. The molecule has 0 saturated heterocycles. The van der Waals surface area contributed by atoms with E-state index >= 15 is 0 Å². The Morgan fingerprint density at radius 3 is 1.88 bits per heavy atom. The zero-order chi connectivity index (χ0) is 6.78. The Morgan fingerprint density at radius 2 is 1.88 bits per heavy atom. The Balaban J connectivity index is 3.62. The van der Waals surface area contributed by atoms with Gasteiger partial charge in [-0.3, -0.25) is 0 Å². The molecule has 0 aliphatic heterocycles. The number of alkyl halides is 4. The molecule has 0 heterocycles. The molecule has 0 aliphatic carbocycles. The first-order chi connectivity index (χ1) is 3.48. The van der Waals surface area contributed by atoms with Crippen molar-refractivity contribution in [3.63, 3.8) is 0 Å². The maximum atomic E-state index is 12.2. The SMILES string of the molecule is CCC(F)C(Cl)(Cl)Cl. The van der Waals surface area contributed by atoms with Crippen LogP contribution in [0.3, 0.4) is 0 Å². The van der Waals surface area contributed by atoms with Crippen LogP contribution in [0.4, 0.5) is 4.39 Å². The van der Waals surface area contributed by atoms with Gasteiger partial charge in [0.1, 0.15) is 6.17 Å². The molecule has 0 aromatic carbocycles.